The van der Waals surface area contributed by atoms with Gasteiger partial charge in [0.15, 0.2) is 0 Å². The molecule has 0 saturated heterocycles. The molecule has 0 aliphatic carbocycles. The Morgan fingerprint density at radius 2 is 0.0250 bits per heavy atom. The molecule has 0 N–H and O–H groups in total. The van der Waals surface area contributed by atoms with Crippen LogP contribution in [0.1, 0.15) is 0 Å². The molecule has 0 amide bonds. The zero-order chi connectivity index (χ0) is 0. The third kappa shape index (κ3) is 2160. The van der Waals surface area contributed by atoms with Crippen molar-refractivity contribution in [2.24, 2.45) is 0 Å². The molecule has 50 nitrogen and oxygen atoms in total. The van der Waals surface area contributed by atoms with Crippen LogP contribution < -0.4 is 0 Å². The Kier molecular flexibility index (Phi) is 63700. The molecule has 0 aromatic heterocycles. The molecule has 0 atom stereocenters. The van der Waals surface area contributed by atoms with E-state index in [4.69, 9.17) is 0 Å². The molecule has 80 heteroatoms. The van der Waals surface area contributed by atoms with Gasteiger partial charge in [0.25, 0.3) is 0 Å². The van der Waals surface area contributed by atoms with Gasteiger partial charge >= 0.3 is 692 Å². The van der Waals surface area contributed by atoms with Gasteiger partial charge in [0, 0.05) is 0 Å². The van der Waals surface area contributed by atoms with Gasteiger partial charge in [0.05, 0.1) is 0 Å². The van der Waals surface area contributed by atoms with Crippen molar-refractivity contribution in [3.05, 3.63) is 0 Å². The van der Waals surface area contributed by atoms with Crippen molar-refractivity contribution in [1.29, 1.82) is 0 Å². The standard InChI is InChI=1S/30Mg.50O/q30*+2;50*-2. The second-order valence-corrected chi connectivity index (χ2v) is 0. The molecule has 0 rings (SSSR count). The number of hydrogen-bond donors (Lipinski definition) is 0. The summed E-state index contributed by atoms with van der Waals surface area (Å²) in [5.41, 5.74) is 0. The van der Waals surface area contributed by atoms with Crippen LogP contribution in [-0.4, -0.2) is 692 Å². The molecule has 0 aliphatic rings. The van der Waals surface area contributed by atoms with E-state index in [1.807, 2.05) is 0 Å². The van der Waals surface area contributed by atoms with Gasteiger partial charge in [-0.1, -0.05) is 0 Å². The fourth-order valence-corrected chi connectivity index (χ4v) is 0. The first kappa shape index (κ1) is 2290. The van der Waals surface area contributed by atoms with Gasteiger partial charge in [0.1, 0.15) is 0 Å². The van der Waals surface area contributed by atoms with E-state index in [-0.39, 0.29) is 965 Å². The van der Waals surface area contributed by atoms with Crippen molar-refractivity contribution in [2.45, 2.75) is 0 Å². The van der Waals surface area contributed by atoms with E-state index >= 15 is 0 Å². The molecule has 0 radical (unpaired) electrons. The van der Waals surface area contributed by atoms with Crippen LogP contribution in [-0.2, 0) is 274 Å². The molecule has 400 valence electrons. The summed E-state index contributed by atoms with van der Waals surface area (Å²) < 4.78 is 0. The first-order valence-electron chi connectivity index (χ1n) is 0. The van der Waals surface area contributed by atoms with E-state index in [1.165, 1.54) is 0 Å². The minimum atomic E-state index is 0. The first-order valence-corrected chi connectivity index (χ1v) is 0. The smallest absolute Gasteiger partial charge is 2.00 e. The van der Waals surface area contributed by atoms with Gasteiger partial charge in [0.2, 0.25) is 0 Å². The molecule has 80 heavy (non-hydrogen) atoms. The second kappa shape index (κ2) is 2220. The minimum Gasteiger partial charge on any atom is -2.00 e. The van der Waals surface area contributed by atoms with Gasteiger partial charge in [-0.05, 0) is 0 Å². The molecule has 0 aromatic rings. The molecular weight excluding hydrogens is 1530 g/mol. The maximum Gasteiger partial charge on any atom is 2.00 e. The average Bonchev–Trinajstić information content (AvgIpc) is 0. The molecule has 0 fully saturated rings. The van der Waals surface area contributed by atoms with Crippen molar-refractivity contribution in [3.63, 3.8) is 0 Å². The van der Waals surface area contributed by atoms with E-state index < -0.39 is 0 Å². The van der Waals surface area contributed by atoms with Crippen molar-refractivity contribution in [2.75, 3.05) is 0 Å². The summed E-state index contributed by atoms with van der Waals surface area (Å²) in [4.78, 5) is 0. The van der Waals surface area contributed by atoms with Crippen LogP contribution in [0.5, 0.6) is 0 Å². The zero-order valence-corrected chi connectivity index (χ0v) is 84.1. The molecule has 0 unspecified atom stereocenters. The van der Waals surface area contributed by atoms with Crippen LogP contribution in [0.3, 0.4) is 0 Å². The Morgan fingerprint density at radius 3 is 0.0250 bits per heavy atom. The fraction of sp³-hybridized carbons (Fsp3) is 0. The van der Waals surface area contributed by atoms with Crippen LogP contribution in [0.15, 0.2) is 0 Å². The first-order chi connectivity index (χ1) is 0. The number of rotatable bonds is 0. The fourth-order valence-electron chi connectivity index (χ4n) is 0. The van der Waals surface area contributed by atoms with Crippen LogP contribution in [0.4, 0.5) is 0 Å². The second-order valence-electron chi connectivity index (χ2n) is 0. The van der Waals surface area contributed by atoms with Crippen molar-refractivity contribution in [3.8, 4) is 0 Å². The van der Waals surface area contributed by atoms with Crippen molar-refractivity contribution in [1.82, 2.24) is 0 Å². The Hall–Kier alpha value is 21.0. The van der Waals surface area contributed by atoms with E-state index in [9.17, 15) is 0 Å². The van der Waals surface area contributed by atoms with E-state index in [0.29, 0.717) is 0 Å². The Balaban J connectivity index is 0. The summed E-state index contributed by atoms with van der Waals surface area (Å²) in [5.74, 6) is 0. The average molecular weight is 1530 g/mol. The predicted molar refractivity (Wildman–Crippen MR) is 207 cm³/mol. The molecule has 0 aromatic carbocycles. The summed E-state index contributed by atoms with van der Waals surface area (Å²) in [6, 6.07) is 0. The molecular formula is Mg30O50-40. The summed E-state index contributed by atoms with van der Waals surface area (Å²) in [7, 11) is 0. The van der Waals surface area contributed by atoms with Crippen LogP contribution in [0.2, 0.25) is 0 Å². The summed E-state index contributed by atoms with van der Waals surface area (Å²) >= 11 is 0. The third-order valence-electron chi connectivity index (χ3n) is 0. The van der Waals surface area contributed by atoms with Gasteiger partial charge in [-0.2, -0.15) is 0 Å². The van der Waals surface area contributed by atoms with Gasteiger partial charge < -0.3 is 274 Å². The predicted octanol–water partition coefficient (Wildman–Crippen LogP) is -17.4. The normalized spacial score (nSPS) is 0. The van der Waals surface area contributed by atoms with Crippen LogP contribution >= 0.6 is 0 Å². The zero-order valence-electron chi connectivity index (χ0n) is 41.6. The van der Waals surface area contributed by atoms with Gasteiger partial charge in [-0.25, -0.2) is 0 Å². The van der Waals surface area contributed by atoms with E-state index in [2.05, 4.69) is 0 Å². The topological polar surface area (TPSA) is 1420 Å². The Bertz CT molecular complexity index is 76.4. The monoisotopic (exact) mass is 1520 g/mol. The van der Waals surface area contributed by atoms with Gasteiger partial charge in [-0.3, -0.25) is 0 Å². The molecule has 0 saturated carbocycles. The minimum absolute atomic E-state index is 0. The molecule has 0 heterocycles. The van der Waals surface area contributed by atoms with Gasteiger partial charge in [-0.15, -0.1) is 0 Å². The van der Waals surface area contributed by atoms with E-state index in [0.717, 1.165) is 0 Å². The molecule has 0 bridgehead atoms. The van der Waals surface area contributed by atoms with Crippen LogP contribution in [0, 0.1) is 0 Å². The van der Waals surface area contributed by atoms with E-state index in [1.54, 1.807) is 0 Å². The molecule has 0 spiro atoms. The quantitative estimate of drug-likeness (QED) is 0.204. The number of hydrogen-bond acceptors (Lipinski definition) is 0. The SMILES string of the molecule is [Mg+2].[Mg+2].[Mg+2].[Mg+2].[Mg+2].[Mg+2].[Mg+2].[Mg+2].[Mg+2].[Mg+2].[Mg+2].[Mg+2].[Mg+2].[Mg+2].[Mg+2].[Mg+2].[Mg+2].[Mg+2].[Mg+2].[Mg+2].[Mg+2].[Mg+2].[Mg+2].[Mg+2].[Mg+2].[Mg+2].[Mg+2].[Mg+2].[Mg+2].[Mg+2].[O-2].[O-2].[O-2].[O-2].[O-2].[O-2].[O-2].[O-2].[O-2].[O-2].[O-2].[O-2].[O-2].[O-2].[O-2].[O-2].[O-2].[O-2].[O-2].[O-2].[O-2].[O-2].[O-2].[O-2].[O-2].[O-2].[O-2].[O-2].[O-2].[O-2].[O-2].[O-2].[O-2].[O-2].[O-2].[O-2].[O-2].[O-2].[O-2].[O-2].[O-2].[O-2].[O-2].[O-2].[O-2].[O-2].[O-2].[O-2].[O-2].[O-2]. The summed E-state index contributed by atoms with van der Waals surface area (Å²) in [5, 5.41) is 0. The van der Waals surface area contributed by atoms with Crippen molar-refractivity contribution >= 4 is 692 Å². The maximum atomic E-state index is 0. The largest absolute Gasteiger partial charge is 2.00 e. The third-order valence-corrected chi connectivity index (χ3v) is 0. The summed E-state index contributed by atoms with van der Waals surface area (Å²) in [6.07, 6.45) is 0. The molecule has 0 aliphatic heterocycles. The van der Waals surface area contributed by atoms with Crippen LogP contribution in [0.25, 0.3) is 0 Å². The van der Waals surface area contributed by atoms with Crippen molar-refractivity contribution < 1.29 is 274 Å². The Morgan fingerprint density at radius 1 is 0.0250 bits per heavy atom. The maximum absolute atomic E-state index is 0. The summed E-state index contributed by atoms with van der Waals surface area (Å²) in [6.45, 7) is 0. The Labute approximate surface area is 944 Å².